The van der Waals surface area contributed by atoms with E-state index < -0.39 is 11.9 Å². The maximum Gasteiger partial charge on any atom is 0.256 e. The number of nitrogens with zero attached hydrogens (tertiary/aromatic N) is 2. The van der Waals surface area contributed by atoms with Gasteiger partial charge in [-0.2, -0.15) is 0 Å². The fourth-order valence-corrected chi connectivity index (χ4v) is 4.04. The number of benzene rings is 2. The first-order valence-electron chi connectivity index (χ1n) is 9.34. The van der Waals surface area contributed by atoms with E-state index >= 15 is 0 Å². The quantitative estimate of drug-likeness (QED) is 0.835. The summed E-state index contributed by atoms with van der Waals surface area (Å²) in [5, 5.41) is 3.25. The molecule has 0 aromatic heterocycles. The van der Waals surface area contributed by atoms with Crippen LogP contribution in [-0.2, 0) is 9.59 Å². The summed E-state index contributed by atoms with van der Waals surface area (Å²) < 4.78 is 5.25. The largest absolute Gasteiger partial charge is 0.495 e. The van der Waals surface area contributed by atoms with Gasteiger partial charge in [-0.05, 0) is 37.1 Å². The van der Waals surface area contributed by atoms with E-state index in [1.165, 1.54) is 12.0 Å². The molecular formula is C21H20ClN3O4. The monoisotopic (exact) mass is 413 g/mol. The third-order valence-corrected chi connectivity index (χ3v) is 5.46. The number of hydrogen-bond donors (Lipinski definition) is 1. The first-order chi connectivity index (χ1) is 14.0. The third-order valence-electron chi connectivity index (χ3n) is 5.23. The predicted octanol–water partition coefficient (Wildman–Crippen LogP) is 2.94. The van der Waals surface area contributed by atoms with Crippen molar-refractivity contribution in [2.45, 2.75) is 18.9 Å². The maximum atomic E-state index is 13.2. The van der Waals surface area contributed by atoms with Crippen molar-refractivity contribution < 1.29 is 19.1 Å². The Morgan fingerprint density at radius 2 is 2.03 bits per heavy atom. The second-order valence-electron chi connectivity index (χ2n) is 6.99. The third kappa shape index (κ3) is 3.53. The molecule has 4 rings (SSSR count). The number of hydrogen-bond acceptors (Lipinski definition) is 4. The highest BCUT2D eigenvalue weighted by atomic mass is 35.5. The van der Waals surface area contributed by atoms with Crippen molar-refractivity contribution in [3.05, 3.63) is 53.1 Å². The van der Waals surface area contributed by atoms with Crippen LogP contribution in [0.2, 0.25) is 5.02 Å². The lowest BCUT2D eigenvalue weighted by Gasteiger charge is -2.25. The Balaban J connectivity index is 1.63. The second-order valence-corrected chi connectivity index (χ2v) is 7.43. The molecule has 1 saturated heterocycles. The number of rotatable bonds is 4. The molecule has 0 saturated carbocycles. The lowest BCUT2D eigenvalue weighted by atomic mass is 10.1. The van der Waals surface area contributed by atoms with E-state index in [0.29, 0.717) is 40.7 Å². The molecule has 2 heterocycles. The zero-order valence-electron chi connectivity index (χ0n) is 15.9. The molecule has 0 unspecified atom stereocenters. The number of amides is 3. The number of carbonyl (C=O) groups excluding carboxylic acids is 3. The number of para-hydroxylation sites is 1. The number of fused-ring (bicyclic) bond motifs is 2. The molecule has 2 aliphatic rings. The number of ether oxygens (including phenoxy) is 1. The predicted molar refractivity (Wildman–Crippen MR) is 109 cm³/mol. The van der Waals surface area contributed by atoms with Crippen LogP contribution >= 0.6 is 11.6 Å². The van der Waals surface area contributed by atoms with Crippen LogP contribution in [0.4, 0.5) is 11.4 Å². The Morgan fingerprint density at radius 1 is 1.24 bits per heavy atom. The van der Waals surface area contributed by atoms with Crippen molar-refractivity contribution in [1.82, 2.24) is 4.90 Å². The minimum atomic E-state index is -0.534. The van der Waals surface area contributed by atoms with Gasteiger partial charge in [-0.15, -0.1) is 0 Å². The van der Waals surface area contributed by atoms with Crippen molar-refractivity contribution in [2.75, 3.05) is 30.4 Å². The van der Waals surface area contributed by atoms with Crippen LogP contribution in [0.3, 0.4) is 0 Å². The van der Waals surface area contributed by atoms with Gasteiger partial charge in [-0.3, -0.25) is 14.4 Å². The van der Waals surface area contributed by atoms with Crippen LogP contribution in [0.15, 0.2) is 42.5 Å². The highest BCUT2D eigenvalue weighted by Gasteiger charge is 2.42. The van der Waals surface area contributed by atoms with Crippen molar-refractivity contribution in [3.63, 3.8) is 0 Å². The van der Waals surface area contributed by atoms with Gasteiger partial charge in [0.1, 0.15) is 18.3 Å². The van der Waals surface area contributed by atoms with Gasteiger partial charge in [0.2, 0.25) is 11.8 Å². The van der Waals surface area contributed by atoms with Crippen molar-refractivity contribution in [2.24, 2.45) is 0 Å². The van der Waals surface area contributed by atoms with Crippen LogP contribution in [-0.4, -0.2) is 48.9 Å². The normalized spacial score (nSPS) is 18.2. The summed E-state index contributed by atoms with van der Waals surface area (Å²) in [6.07, 6.45) is 1.37. The molecule has 0 spiro atoms. The molecule has 2 aromatic carbocycles. The average molecular weight is 414 g/mol. The Morgan fingerprint density at radius 3 is 2.83 bits per heavy atom. The minimum Gasteiger partial charge on any atom is -0.495 e. The topological polar surface area (TPSA) is 79.0 Å². The second kappa shape index (κ2) is 7.75. The number of methoxy groups -OCH3 is 1. The summed E-state index contributed by atoms with van der Waals surface area (Å²) in [5.74, 6) is -0.379. The summed E-state index contributed by atoms with van der Waals surface area (Å²) in [6.45, 7) is 0.338. The van der Waals surface area contributed by atoms with Gasteiger partial charge in [-0.25, -0.2) is 0 Å². The number of carbonyl (C=O) groups is 3. The molecule has 2 aromatic rings. The highest BCUT2D eigenvalue weighted by molar-refractivity contribution is 6.30. The molecule has 150 valence electrons. The lowest BCUT2D eigenvalue weighted by molar-refractivity contribution is -0.124. The van der Waals surface area contributed by atoms with Gasteiger partial charge in [0.15, 0.2) is 0 Å². The highest BCUT2D eigenvalue weighted by Crippen LogP contribution is 2.33. The van der Waals surface area contributed by atoms with Gasteiger partial charge >= 0.3 is 0 Å². The smallest absolute Gasteiger partial charge is 0.256 e. The van der Waals surface area contributed by atoms with Gasteiger partial charge < -0.3 is 19.9 Å². The van der Waals surface area contributed by atoms with E-state index in [1.54, 1.807) is 47.4 Å². The Kier molecular flexibility index (Phi) is 5.15. The van der Waals surface area contributed by atoms with Crippen molar-refractivity contribution >= 4 is 40.7 Å². The molecule has 0 radical (unpaired) electrons. The minimum absolute atomic E-state index is 0.168. The van der Waals surface area contributed by atoms with E-state index in [-0.39, 0.29) is 18.4 Å². The Hall–Kier alpha value is -3.06. The zero-order valence-corrected chi connectivity index (χ0v) is 16.6. The van der Waals surface area contributed by atoms with Crippen molar-refractivity contribution in [3.8, 4) is 5.75 Å². The lowest BCUT2D eigenvalue weighted by Crippen LogP contribution is -2.47. The number of halogens is 1. The van der Waals surface area contributed by atoms with Crippen molar-refractivity contribution in [1.29, 1.82) is 0 Å². The zero-order chi connectivity index (χ0) is 20.5. The SMILES string of the molecule is COc1cc(Cl)ccc1NC(=O)CN1C(=O)[C@@H]2CCCN2C(=O)c2ccccc21. The summed E-state index contributed by atoms with van der Waals surface area (Å²) in [6, 6.07) is 11.2. The fraction of sp³-hybridized carbons (Fsp3) is 0.286. The fourth-order valence-electron chi connectivity index (χ4n) is 3.87. The first kappa shape index (κ1) is 19.3. The van der Waals surface area contributed by atoms with Crippen LogP contribution in [0, 0.1) is 0 Å². The molecule has 7 nitrogen and oxygen atoms in total. The van der Waals surface area contributed by atoms with Gasteiger partial charge in [0, 0.05) is 17.6 Å². The Labute approximate surface area is 173 Å². The molecule has 1 N–H and O–H groups in total. The van der Waals surface area contributed by atoms with E-state index in [9.17, 15) is 14.4 Å². The molecule has 1 atom stereocenters. The summed E-state index contributed by atoms with van der Waals surface area (Å²) in [5.41, 5.74) is 1.34. The standard InChI is InChI=1S/C21H20ClN3O4/c1-29-18-11-13(22)8-9-15(18)23-19(26)12-25-16-6-3-2-5-14(16)20(27)24-10-4-7-17(24)21(25)28/h2-3,5-6,8-9,11,17H,4,7,10,12H2,1H3,(H,23,26)/t17-/m0/s1. The molecule has 2 aliphatic heterocycles. The summed E-state index contributed by atoms with van der Waals surface area (Å²) in [7, 11) is 1.48. The van der Waals surface area contributed by atoms with Gasteiger partial charge in [0.25, 0.3) is 5.91 Å². The molecule has 0 bridgehead atoms. The average Bonchev–Trinajstić information content (AvgIpc) is 3.19. The summed E-state index contributed by atoms with van der Waals surface area (Å²) >= 11 is 5.96. The van der Waals surface area contributed by atoms with E-state index in [0.717, 1.165) is 6.42 Å². The Bertz CT molecular complexity index is 994. The number of anilines is 2. The first-order valence-corrected chi connectivity index (χ1v) is 9.72. The molecule has 29 heavy (non-hydrogen) atoms. The number of nitrogens with one attached hydrogen (secondary N) is 1. The van der Waals surface area contributed by atoms with E-state index in [4.69, 9.17) is 16.3 Å². The summed E-state index contributed by atoms with van der Waals surface area (Å²) in [4.78, 5) is 41.9. The molecule has 0 aliphatic carbocycles. The molecular weight excluding hydrogens is 394 g/mol. The molecule has 3 amide bonds. The molecule has 8 heteroatoms. The van der Waals surface area contributed by atoms with Crippen LogP contribution in [0.5, 0.6) is 5.75 Å². The van der Waals surface area contributed by atoms with Crippen LogP contribution < -0.4 is 15.0 Å². The van der Waals surface area contributed by atoms with E-state index in [2.05, 4.69) is 5.32 Å². The van der Waals surface area contributed by atoms with Crippen LogP contribution in [0.1, 0.15) is 23.2 Å². The van der Waals surface area contributed by atoms with Crippen LogP contribution in [0.25, 0.3) is 0 Å². The molecule has 1 fully saturated rings. The van der Waals surface area contributed by atoms with E-state index in [1.807, 2.05) is 0 Å². The van der Waals surface area contributed by atoms with Gasteiger partial charge in [-0.1, -0.05) is 23.7 Å². The van der Waals surface area contributed by atoms with Gasteiger partial charge in [0.05, 0.1) is 24.0 Å². The maximum absolute atomic E-state index is 13.2.